The molecule has 1 saturated carbocycles. The number of aryl methyl sites for hydroxylation is 1. The van der Waals surface area contributed by atoms with Crippen LogP contribution in [0.5, 0.6) is 0 Å². The number of anilines is 2. The summed E-state index contributed by atoms with van der Waals surface area (Å²) >= 11 is 0. The first-order chi connectivity index (χ1) is 19.1. The van der Waals surface area contributed by atoms with E-state index in [0.29, 0.717) is 54.3 Å². The predicted molar refractivity (Wildman–Crippen MR) is 150 cm³/mol. The molecule has 3 aliphatic rings. The quantitative estimate of drug-likeness (QED) is 0.471. The summed E-state index contributed by atoms with van der Waals surface area (Å²) in [6.45, 7) is 7.66. The summed E-state index contributed by atoms with van der Waals surface area (Å²) in [7, 11) is 1.62. The van der Waals surface area contributed by atoms with Crippen LogP contribution in [-0.2, 0) is 42.6 Å². The van der Waals surface area contributed by atoms with E-state index >= 15 is 0 Å². The fourth-order valence-corrected chi connectivity index (χ4v) is 6.27. The third-order valence-electron chi connectivity index (χ3n) is 8.27. The zero-order chi connectivity index (χ0) is 28.3. The van der Waals surface area contributed by atoms with Gasteiger partial charge in [0.1, 0.15) is 17.2 Å². The van der Waals surface area contributed by atoms with Gasteiger partial charge in [-0.15, -0.1) is 0 Å². The normalized spacial score (nSPS) is 20.8. The number of amides is 2. The molecule has 210 valence electrons. The lowest BCUT2D eigenvalue weighted by molar-refractivity contribution is -0.118. The maximum Gasteiger partial charge on any atom is 0.276 e. The molecule has 3 aromatic rings. The number of hydrogen-bond donors (Lipinski definition) is 2. The Morgan fingerprint density at radius 3 is 2.77 bits per heavy atom. The molecular formula is C30H35N5O5. The fourth-order valence-electron chi connectivity index (χ4n) is 6.27. The molecule has 10 heteroatoms. The first-order valence-electron chi connectivity index (χ1n) is 13.9. The second-order valence-corrected chi connectivity index (χ2v) is 11.8. The van der Waals surface area contributed by atoms with Crippen LogP contribution in [0.25, 0.3) is 11.1 Å². The Morgan fingerprint density at radius 1 is 1.23 bits per heavy atom. The molecule has 0 bridgehead atoms. The average Bonchev–Trinajstić information content (AvgIpc) is 3.52. The van der Waals surface area contributed by atoms with Crippen molar-refractivity contribution in [2.24, 2.45) is 18.4 Å². The van der Waals surface area contributed by atoms with Crippen LogP contribution >= 0.6 is 0 Å². The van der Waals surface area contributed by atoms with E-state index < -0.39 is 0 Å². The van der Waals surface area contributed by atoms with E-state index in [4.69, 9.17) is 4.74 Å². The summed E-state index contributed by atoms with van der Waals surface area (Å²) in [5.41, 5.74) is 4.89. The van der Waals surface area contributed by atoms with Crippen LogP contribution in [0.3, 0.4) is 0 Å². The molecule has 2 N–H and O–H groups in total. The van der Waals surface area contributed by atoms with Crippen molar-refractivity contribution in [1.29, 1.82) is 0 Å². The summed E-state index contributed by atoms with van der Waals surface area (Å²) < 4.78 is 9.06. The molecule has 1 unspecified atom stereocenters. The van der Waals surface area contributed by atoms with Crippen LogP contribution in [-0.4, -0.2) is 50.3 Å². The minimum absolute atomic E-state index is 0.114. The van der Waals surface area contributed by atoms with Crippen LogP contribution < -0.4 is 15.8 Å². The van der Waals surface area contributed by atoms with E-state index in [1.165, 1.54) is 15.8 Å². The Morgan fingerprint density at radius 2 is 2.02 bits per heavy atom. The van der Waals surface area contributed by atoms with Gasteiger partial charge in [0.15, 0.2) is 0 Å². The Balaban J connectivity index is 1.32. The number of ether oxygens (including phenoxy) is 1. The number of pyridine rings is 2. The molecule has 40 heavy (non-hydrogen) atoms. The van der Waals surface area contributed by atoms with Crippen LogP contribution in [0.4, 0.5) is 11.5 Å². The molecule has 0 aromatic carbocycles. The Hall–Kier alpha value is -3.76. The monoisotopic (exact) mass is 545 g/mol. The number of nitrogens with zero attached hydrogens (tertiary/aromatic N) is 4. The zero-order valence-electron chi connectivity index (χ0n) is 23.4. The maximum atomic E-state index is 13.7. The highest BCUT2D eigenvalue weighted by molar-refractivity contribution is 6.06. The lowest BCUT2D eigenvalue weighted by Crippen LogP contribution is -2.41. The summed E-state index contributed by atoms with van der Waals surface area (Å²) in [6.07, 6.45) is 5.68. The van der Waals surface area contributed by atoms with E-state index in [1.807, 2.05) is 13.0 Å². The van der Waals surface area contributed by atoms with Crippen molar-refractivity contribution < 1.29 is 19.4 Å². The number of carbonyl (C=O) groups is 2. The molecule has 2 atom stereocenters. The molecule has 3 aromatic heterocycles. The van der Waals surface area contributed by atoms with Crippen LogP contribution in [0.2, 0.25) is 0 Å². The van der Waals surface area contributed by atoms with Crippen molar-refractivity contribution in [3.05, 3.63) is 63.5 Å². The summed E-state index contributed by atoms with van der Waals surface area (Å²) in [4.78, 5) is 45.5. The molecule has 0 radical (unpaired) electrons. The Bertz CT molecular complexity index is 1590. The first kappa shape index (κ1) is 26.5. The van der Waals surface area contributed by atoms with Gasteiger partial charge >= 0.3 is 0 Å². The molecular weight excluding hydrogens is 510 g/mol. The number of carbonyl (C=O) groups excluding carboxylic acids is 2. The van der Waals surface area contributed by atoms with Gasteiger partial charge in [0.25, 0.3) is 11.5 Å². The summed E-state index contributed by atoms with van der Waals surface area (Å²) in [5.74, 6) is -0.262. The Kier molecular flexibility index (Phi) is 6.42. The molecule has 2 aliphatic carbocycles. The van der Waals surface area contributed by atoms with Crippen molar-refractivity contribution in [2.45, 2.75) is 59.3 Å². The van der Waals surface area contributed by atoms with Gasteiger partial charge in [-0.3, -0.25) is 19.3 Å². The highest BCUT2D eigenvalue weighted by atomic mass is 16.5. The Labute approximate surface area is 232 Å². The van der Waals surface area contributed by atoms with Gasteiger partial charge < -0.3 is 24.3 Å². The van der Waals surface area contributed by atoms with Crippen LogP contribution in [0, 0.1) is 11.3 Å². The number of fused-ring (bicyclic) bond motifs is 3. The van der Waals surface area contributed by atoms with Crippen LogP contribution in [0.15, 0.2) is 35.4 Å². The minimum Gasteiger partial charge on any atom is -0.392 e. The first-order valence-corrected chi connectivity index (χ1v) is 13.9. The molecule has 6 rings (SSSR count). The van der Waals surface area contributed by atoms with Gasteiger partial charge in [-0.05, 0) is 60.9 Å². The van der Waals surface area contributed by atoms with Crippen LogP contribution in [0.1, 0.15) is 54.5 Å². The number of aromatic nitrogens is 3. The molecule has 1 fully saturated rings. The van der Waals surface area contributed by atoms with Gasteiger partial charge in [0, 0.05) is 56.0 Å². The largest absolute Gasteiger partial charge is 0.392 e. The van der Waals surface area contributed by atoms with Gasteiger partial charge in [-0.25, -0.2) is 4.98 Å². The topological polar surface area (TPSA) is 119 Å². The minimum atomic E-state index is -0.351. The molecule has 10 nitrogen and oxygen atoms in total. The van der Waals surface area contributed by atoms with Gasteiger partial charge in [0.2, 0.25) is 5.91 Å². The lowest BCUT2D eigenvalue weighted by atomic mass is 9.90. The second-order valence-electron chi connectivity index (χ2n) is 11.8. The molecule has 0 spiro atoms. The van der Waals surface area contributed by atoms with Gasteiger partial charge in [-0.2, -0.15) is 0 Å². The number of nitrogens with one attached hydrogen (secondary N) is 1. The molecule has 2 amide bonds. The number of rotatable bonds is 7. The van der Waals surface area contributed by atoms with E-state index in [2.05, 4.69) is 28.7 Å². The average molecular weight is 546 g/mol. The van der Waals surface area contributed by atoms with Crippen molar-refractivity contribution in [1.82, 2.24) is 14.1 Å². The van der Waals surface area contributed by atoms with Crippen molar-refractivity contribution in [3.63, 3.8) is 0 Å². The number of hydrogen-bond acceptors (Lipinski definition) is 6. The van der Waals surface area contributed by atoms with E-state index in [-0.39, 0.29) is 47.1 Å². The molecule has 0 saturated heterocycles. The maximum absolute atomic E-state index is 13.7. The third kappa shape index (κ3) is 4.45. The standard InChI is InChI=1S/C30H35N5O5/c1-5-40-25-12-20(25)27(37)32-22-10-18(15-33(4)28(22)38)19-6-7-31-26(21(19)16-36)35-9-8-34-23(29(35)39)11-17-13-30(2,3)14-24(17)34/h6-7,10-11,15,20,25,36H,5,8-9,12-14,16H2,1-4H3,(H,32,37)/t20-,25?/m0/s1. The van der Waals surface area contributed by atoms with E-state index in [9.17, 15) is 19.5 Å². The van der Waals surface area contributed by atoms with Crippen molar-refractivity contribution in [3.8, 4) is 11.1 Å². The second kappa shape index (κ2) is 9.71. The van der Waals surface area contributed by atoms with Crippen molar-refractivity contribution >= 4 is 23.3 Å². The van der Waals surface area contributed by atoms with Crippen molar-refractivity contribution in [2.75, 3.05) is 23.4 Å². The third-order valence-corrected chi connectivity index (χ3v) is 8.27. The smallest absolute Gasteiger partial charge is 0.276 e. The molecule has 1 aliphatic heterocycles. The van der Waals surface area contributed by atoms with E-state index in [1.54, 1.807) is 36.5 Å². The zero-order valence-corrected chi connectivity index (χ0v) is 23.4. The van der Waals surface area contributed by atoms with Gasteiger partial charge in [0.05, 0.1) is 18.6 Å². The SMILES string of the molecule is CCOC1C[C@@H]1C(=O)Nc1cc(-c2ccnc(N3CCn4c(cc5c4CC(C)(C)C5)C3=O)c2CO)cn(C)c1=O. The van der Waals surface area contributed by atoms with E-state index in [0.717, 1.165) is 12.8 Å². The molecule has 4 heterocycles. The predicted octanol–water partition coefficient (Wildman–Crippen LogP) is 2.89. The summed E-state index contributed by atoms with van der Waals surface area (Å²) in [6, 6.07) is 5.38. The van der Waals surface area contributed by atoms with Gasteiger partial charge in [-0.1, -0.05) is 13.8 Å². The lowest BCUT2D eigenvalue weighted by Gasteiger charge is -2.31. The highest BCUT2D eigenvalue weighted by Crippen LogP contribution is 2.40. The fraction of sp³-hybridized carbons (Fsp3) is 0.467. The number of aliphatic hydroxyl groups excluding tert-OH is 1. The summed E-state index contributed by atoms with van der Waals surface area (Å²) in [5, 5.41) is 13.3. The number of aliphatic hydroxyl groups is 1. The highest BCUT2D eigenvalue weighted by Gasteiger charge is 2.44.